The summed E-state index contributed by atoms with van der Waals surface area (Å²) in [5.74, 6) is 0.204. The average Bonchev–Trinajstić information content (AvgIpc) is 3.90. The van der Waals surface area contributed by atoms with Gasteiger partial charge in [0.15, 0.2) is 0 Å². The maximum atomic E-state index is 10.7. The topological polar surface area (TPSA) is 58.6 Å². The molecule has 0 aliphatic carbocycles. The molecule has 0 atom stereocenters. The Labute approximate surface area is 320 Å². The molecule has 0 spiro atoms. The van der Waals surface area contributed by atoms with Gasteiger partial charge in [-0.2, -0.15) is 0 Å². The van der Waals surface area contributed by atoms with Gasteiger partial charge in [0.25, 0.3) is 0 Å². The molecule has 54 heavy (non-hydrogen) atoms. The van der Waals surface area contributed by atoms with Crippen LogP contribution in [0.4, 0.5) is 5.69 Å². The highest BCUT2D eigenvalue weighted by Gasteiger charge is 2.21. The van der Waals surface area contributed by atoms with Crippen LogP contribution in [0.25, 0.3) is 85.2 Å². The van der Waals surface area contributed by atoms with Crippen LogP contribution < -0.4 is 0 Å². The van der Waals surface area contributed by atoms with Crippen LogP contribution in [0.1, 0.15) is 31.9 Å². The van der Waals surface area contributed by atoms with Gasteiger partial charge in [-0.3, -0.25) is 4.99 Å². The Hall–Kier alpha value is -6.08. The van der Waals surface area contributed by atoms with Gasteiger partial charge >= 0.3 is 0 Å². The largest absolute Gasteiger partial charge is 0.507 e. The predicted molar refractivity (Wildman–Crippen MR) is 230 cm³/mol. The van der Waals surface area contributed by atoms with E-state index in [-0.39, 0.29) is 11.2 Å². The number of benzene rings is 7. The van der Waals surface area contributed by atoms with Crippen molar-refractivity contribution in [3.8, 4) is 38.6 Å². The number of hydrogen-bond acceptors (Lipinski definition) is 6. The van der Waals surface area contributed by atoms with Crippen LogP contribution in [0.2, 0.25) is 0 Å². The summed E-state index contributed by atoms with van der Waals surface area (Å²) in [6, 6.07) is 48.4. The Morgan fingerprint density at radius 1 is 0.630 bits per heavy atom. The smallest absolute Gasteiger partial charge is 0.143 e. The minimum Gasteiger partial charge on any atom is -0.507 e. The predicted octanol–water partition coefficient (Wildman–Crippen LogP) is 14.3. The number of hydrogen-bond donors (Lipinski definition) is 1. The molecule has 0 saturated heterocycles. The molecule has 4 nitrogen and oxygen atoms in total. The molecule has 3 heterocycles. The summed E-state index contributed by atoms with van der Waals surface area (Å²) in [5, 5.41) is 16.3. The van der Waals surface area contributed by atoms with E-state index in [9.17, 15) is 5.11 Å². The molecular weight excluding hydrogens is 701 g/mol. The lowest BCUT2D eigenvalue weighted by Gasteiger charge is -2.19. The fourth-order valence-electron chi connectivity index (χ4n) is 7.47. The van der Waals surface area contributed by atoms with Gasteiger partial charge in [-0.1, -0.05) is 112 Å². The van der Waals surface area contributed by atoms with Crippen molar-refractivity contribution < 1.29 is 9.52 Å². The standard InChI is InChI=1S/C48H34N2O2S2/c1-48(2,3)30-22-23-40(51)29(24-30)27-49-39-19-7-4-14-37(39)47-50-44-38(35-17-11-16-34-32-12-5-8-20-41(32)52-45(34)35)25-28(26-43(44)54-47)31-15-10-18-36-33-13-6-9-21-42(33)53-46(31)36/h4-27,51H,1-3H3. The summed E-state index contributed by atoms with van der Waals surface area (Å²) in [6.45, 7) is 6.50. The van der Waals surface area contributed by atoms with Crippen molar-refractivity contribution in [2.45, 2.75) is 26.2 Å². The fraction of sp³-hybridized carbons (Fsp3) is 0.0833. The summed E-state index contributed by atoms with van der Waals surface area (Å²) in [5.41, 5.74) is 10.5. The van der Waals surface area contributed by atoms with Gasteiger partial charge in [-0.25, -0.2) is 4.98 Å². The zero-order valence-electron chi connectivity index (χ0n) is 29.9. The van der Waals surface area contributed by atoms with Crippen LogP contribution in [0, 0.1) is 0 Å². The third-order valence-corrected chi connectivity index (χ3v) is 12.5. The number of para-hydroxylation sites is 3. The van der Waals surface area contributed by atoms with E-state index in [1.165, 1.54) is 25.7 Å². The number of nitrogens with zero attached hydrogens (tertiary/aromatic N) is 2. The number of phenols is 1. The highest BCUT2D eigenvalue weighted by molar-refractivity contribution is 7.26. The molecule has 1 N–H and O–H groups in total. The molecular formula is C48H34N2O2S2. The molecule has 260 valence electrons. The van der Waals surface area contributed by atoms with Crippen molar-refractivity contribution in [2.75, 3.05) is 0 Å². The molecule has 7 aromatic carbocycles. The van der Waals surface area contributed by atoms with Crippen molar-refractivity contribution in [1.82, 2.24) is 4.98 Å². The summed E-state index contributed by atoms with van der Waals surface area (Å²) >= 11 is 3.51. The first-order chi connectivity index (χ1) is 26.3. The summed E-state index contributed by atoms with van der Waals surface area (Å²) < 4.78 is 10.2. The minimum absolute atomic E-state index is 0.0546. The van der Waals surface area contributed by atoms with E-state index in [1.54, 1.807) is 23.6 Å². The van der Waals surface area contributed by atoms with Crippen LogP contribution in [0.15, 0.2) is 149 Å². The third-order valence-electron chi connectivity index (χ3n) is 10.3. The van der Waals surface area contributed by atoms with Gasteiger partial charge in [0.2, 0.25) is 0 Å². The van der Waals surface area contributed by atoms with E-state index < -0.39 is 0 Å². The van der Waals surface area contributed by atoms with Gasteiger partial charge in [-0.05, 0) is 70.6 Å². The lowest BCUT2D eigenvalue weighted by atomic mass is 9.86. The maximum absolute atomic E-state index is 10.7. The fourth-order valence-corrected chi connectivity index (χ4v) is 9.77. The number of aliphatic imine (C=N–C) groups is 1. The SMILES string of the molecule is CC(C)(C)c1ccc(O)c(C=Nc2ccccc2-c2nc3c(-c4cccc5c4oc4ccccc45)cc(-c4cccc5c4sc4ccccc45)cc3s2)c1. The molecule has 10 aromatic rings. The molecule has 0 fully saturated rings. The Morgan fingerprint density at radius 3 is 2.22 bits per heavy atom. The number of phenolic OH excluding ortho intramolecular Hbond substituents is 1. The van der Waals surface area contributed by atoms with Gasteiger partial charge in [-0.15, -0.1) is 22.7 Å². The molecule has 3 aromatic heterocycles. The normalized spacial score (nSPS) is 12.4. The highest BCUT2D eigenvalue weighted by atomic mass is 32.1. The average molecular weight is 735 g/mol. The van der Waals surface area contributed by atoms with Crippen LogP contribution in [-0.4, -0.2) is 16.3 Å². The summed E-state index contributed by atoms with van der Waals surface area (Å²) in [7, 11) is 0. The zero-order valence-corrected chi connectivity index (χ0v) is 31.6. The van der Waals surface area contributed by atoms with Crippen LogP contribution in [0.3, 0.4) is 0 Å². The Kier molecular flexibility index (Phi) is 7.55. The molecule has 6 heteroatoms. The van der Waals surface area contributed by atoms with E-state index in [4.69, 9.17) is 14.4 Å². The Bertz CT molecular complexity index is 3120. The molecule has 0 aliphatic rings. The maximum Gasteiger partial charge on any atom is 0.143 e. The zero-order chi connectivity index (χ0) is 36.6. The molecule has 0 saturated carbocycles. The summed E-state index contributed by atoms with van der Waals surface area (Å²) in [6.07, 6.45) is 1.76. The van der Waals surface area contributed by atoms with Gasteiger partial charge in [0, 0.05) is 59.4 Å². The lowest BCUT2D eigenvalue weighted by Crippen LogP contribution is -2.11. The molecule has 10 rings (SSSR count). The number of fused-ring (bicyclic) bond motifs is 7. The van der Waals surface area contributed by atoms with Gasteiger partial charge in [0.1, 0.15) is 21.9 Å². The second-order valence-corrected chi connectivity index (χ2v) is 16.8. The number of furan rings is 1. The number of aromatic hydroxyl groups is 1. The number of rotatable bonds is 5. The lowest BCUT2D eigenvalue weighted by molar-refractivity contribution is 0.473. The Balaban J connectivity index is 1.19. The number of thiophene rings is 1. The van der Waals surface area contributed by atoms with Gasteiger partial charge in [0.05, 0.1) is 15.9 Å². The van der Waals surface area contributed by atoms with E-state index in [0.717, 1.165) is 70.7 Å². The van der Waals surface area contributed by atoms with E-state index in [2.05, 4.69) is 112 Å². The molecule has 0 radical (unpaired) electrons. The van der Waals surface area contributed by atoms with E-state index in [1.807, 2.05) is 53.8 Å². The third kappa shape index (κ3) is 5.41. The number of thiazole rings is 1. The van der Waals surface area contributed by atoms with Crippen LogP contribution in [0.5, 0.6) is 5.75 Å². The highest BCUT2D eigenvalue weighted by Crippen LogP contribution is 2.46. The minimum atomic E-state index is -0.0546. The van der Waals surface area contributed by atoms with Crippen molar-refractivity contribution in [3.63, 3.8) is 0 Å². The quantitative estimate of drug-likeness (QED) is 0.179. The molecule has 0 unspecified atom stereocenters. The Morgan fingerprint density at radius 2 is 1.35 bits per heavy atom. The monoisotopic (exact) mass is 734 g/mol. The molecule has 0 bridgehead atoms. The van der Waals surface area contributed by atoms with Crippen LogP contribution >= 0.6 is 22.7 Å². The molecule has 0 amide bonds. The second-order valence-electron chi connectivity index (χ2n) is 14.7. The second kappa shape index (κ2) is 12.5. The van der Waals surface area contributed by atoms with Crippen molar-refractivity contribution >= 4 is 86.9 Å². The van der Waals surface area contributed by atoms with Crippen molar-refractivity contribution in [3.05, 3.63) is 151 Å². The molecule has 0 aliphatic heterocycles. The first-order valence-electron chi connectivity index (χ1n) is 18.0. The van der Waals surface area contributed by atoms with E-state index in [0.29, 0.717) is 5.56 Å². The van der Waals surface area contributed by atoms with Gasteiger partial charge < -0.3 is 9.52 Å². The summed E-state index contributed by atoms with van der Waals surface area (Å²) in [4.78, 5) is 10.3. The van der Waals surface area contributed by atoms with Crippen LogP contribution in [-0.2, 0) is 5.41 Å². The first kappa shape index (κ1) is 32.6. The number of aromatic nitrogens is 1. The first-order valence-corrected chi connectivity index (χ1v) is 19.7. The van der Waals surface area contributed by atoms with Crippen molar-refractivity contribution in [1.29, 1.82) is 0 Å². The van der Waals surface area contributed by atoms with E-state index >= 15 is 0 Å². The van der Waals surface area contributed by atoms with Crippen molar-refractivity contribution in [2.24, 2.45) is 4.99 Å².